The predicted octanol–water partition coefficient (Wildman–Crippen LogP) is 3.67. The zero-order chi connectivity index (χ0) is 11.1. The summed E-state index contributed by atoms with van der Waals surface area (Å²) in [5, 5.41) is 3.99. The first kappa shape index (κ1) is 11.4. The number of hydrogen-bond donors (Lipinski definition) is 0. The summed E-state index contributed by atoms with van der Waals surface area (Å²) in [4.78, 5) is 2.64. The van der Waals surface area contributed by atoms with Crippen molar-refractivity contribution in [3.8, 4) is 5.75 Å². The largest absolute Gasteiger partial charge is 0.497 e. The van der Waals surface area contributed by atoms with E-state index in [0.717, 1.165) is 5.56 Å². The maximum Gasteiger partial charge on any atom is 0.120 e. The normalized spacial score (nSPS) is 10.0. The molecule has 0 spiro atoms. The second-order valence-electron chi connectivity index (χ2n) is 2.74. The summed E-state index contributed by atoms with van der Waals surface area (Å²) in [5.74, 6) is 0.700. The topological polar surface area (TPSA) is 58.0 Å². The van der Waals surface area contributed by atoms with Gasteiger partial charge in [0.05, 0.1) is 7.11 Å². The van der Waals surface area contributed by atoms with Crippen LogP contribution in [0.2, 0.25) is 5.02 Å². The Bertz CT molecular complexity index is 411. The molecule has 0 atom stereocenters. The van der Waals surface area contributed by atoms with E-state index >= 15 is 0 Å². The van der Waals surface area contributed by atoms with Crippen molar-refractivity contribution in [3.05, 3.63) is 45.3 Å². The van der Waals surface area contributed by atoms with Gasteiger partial charge in [-0.3, -0.25) is 0 Å². The Morgan fingerprint density at radius 2 is 2.33 bits per heavy atom. The van der Waals surface area contributed by atoms with E-state index in [1.165, 1.54) is 0 Å². The summed E-state index contributed by atoms with van der Waals surface area (Å²) in [5.41, 5.74) is 8.98. The van der Waals surface area contributed by atoms with Crippen LogP contribution in [0.1, 0.15) is 5.56 Å². The summed E-state index contributed by atoms with van der Waals surface area (Å²) in [6.07, 6.45) is 3.58. The van der Waals surface area contributed by atoms with Gasteiger partial charge in [-0.2, -0.15) is 0 Å². The lowest BCUT2D eigenvalue weighted by Gasteiger charge is -2.01. The molecule has 78 valence electrons. The average Bonchev–Trinajstić information content (AvgIpc) is 2.23. The Balaban J connectivity index is 2.80. The third-order valence-electron chi connectivity index (χ3n) is 1.69. The Hall–Kier alpha value is -1.64. The van der Waals surface area contributed by atoms with Crippen LogP contribution < -0.4 is 4.74 Å². The van der Waals surface area contributed by atoms with E-state index in [9.17, 15) is 0 Å². The molecule has 0 radical (unpaired) electrons. The van der Waals surface area contributed by atoms with E-state index in [0.29, 0.717) is 17.3 Å². The van der Waals surface area contributed by atoms with Crippen LogP contribution in [0.4, 0.5) is 0 Å². The van der Waals surface area contributed by atoms with Crippen LogP contribution in [0, 0.1) is 0 Å². The molecule has 0 amide bonds. The first-order valence-corrected chi connectivity index (χ1v) is 4.66. The summed E-state index contributed by atoms with van der Waals surface area (Å²) in [6, 6.07) is 5.38. The number of hydrogen-bond acceptors (Lipinski definition) is 2. The van der Waals surface area contributed by atoms with Crippen LogP contribution in [0.25, 0.3) is 16.5 Å². The zero-order valence-electron chi connectivity index (χ0n) is 8.22. The van der Waals surface area contributed by atoms with Gasteiger partial charge in [0.1, 0.15) is 5.75 Å². The number of nitrogens with zero attached hydrogens (tertiary/aromatic N) is 3. The molecule has 5 heteroatoms. The minimum atomic E-state index is 0.325. The van der Waals surface area contributed by atoms with Crippen LogP contribution in [0.3, 0.4) is 0 Å². The monoisotopic (exact) mass is 223 g/mol. The van der Waals surface area contributed by atoms with Gasteiger partial charge in [0, 0.05) is 16.5 Å². The van der Waals surface area contributed by atoms with Crippen molar-refractivity contribution in [2.45, 2.75) is 0 Å². The molecular formula is C10H10ClN3O. The highest BCUT2D eigenvalue weighted by Crippen LogP contribution is 2.21. The molecule has 0 aliphatic rings. The highest BCUT2D eigenvalue weighted by molar-refractivity contribution is 6.30. The number of halogens is 1. The molecule has 0 N–H and O–H groups in total. The summed E-state index contributed by atoms with van der Waals surface area (Å²) >= 11 is 5.87. The van der Waals surface area contributed by atoms with Crippen LogP contribution >= 0.6 is 11.6 Å². The molecule has 0 aliphatic carbocycles. The van der Waals surface area contributed by atoms with Crippen molar-refractivity contribution < 1.29 is 4.74 Å². The minimum absolute atomic E-state index is 0.325. The molecule has 0 heterocycles. The maximum absolute atomic E-state index is 8.07. The molecule has 0 aliphatic heterocycles. The van der Waals surface area contributed by atoms with E-state index in [4.69, 9.17) is 21.9 Å². The summed E-state index contributed by atoms with van der Waals surface area (Å²) < 4.78 is 5.06. The van der Waals surface area contributed by atoms with Crippen molar-refractivity contribution >= 4 is 17.7 Å². The predicted molar refractivity (Wildman–Crippen MR) is 61.1 cm³/mol. The Kier molecular flexibility index (Phi) is 4.54. The van der Waals surface area contributed by atoms with Crippen LogP contribution in [-0.4, -0.2) is 13.7 Å². The van der Waals surface area contributed by atoms with Crippen molar-refractivity contribution in [1.29, 1.82) is 0 Å². The number of ether oxygens (including phenoxy) is 1. The van der Waals surface area contributed by atoms with Gasteiger partial charge in [0.15, 0.2) is 0 Å². The van der Waals surface area contributed by atoms with E-state index < -0.39 is 0 Å². The van der Waals surface area contributed by atoms with E-state index in [1.807, 2.05) is 12.1 Å². The second-order valence-corrected chi connectivity index (χ2v) is 3.18. The third-order valence-corrected chi connectivity index (χ3v) is 1.91. The zero-order valence-corrected chi connectivity index (χ0v) is 8.98. The van der Waals surface area contributed by atoms with Crippen molar-refractivity contribution in [1.82, 2.24) is 0 Å². The molecule has 0 unspecified atom stereocenters. The molecule has 0 saturated heterocycles. The fourth-order valence-corrected chi connectivity index (χ4v) is 1.30. The fraction of sp³-hybridized carbons (Fsp3) is 0.200. The number of azide groups is 1. The molecule has 1 aromatic rings. The van der Waals surface area contributed by atoms with Gasteiger partial charge in [-0.1, -0.05) is 28.9 Å². The molecule has 0 saturated carbocycles. The molecule has 0 aromatic heterocycles. The molecule has 0 bridgehead atoms. The van der Waals surface area contributed by atoms with E-state index in [2.05, 4.69) is 10.0 Å². The minimum Gasteiger partial charge on any atom is -0.497 e. The lowest BCUT2D eigenvalue weighted by atomic mass is 10.2. The van der Waals surface area contributed by atoms with Gasteiger partial charge in [0.2, 0.25) is 0 Å². The van der Waals surface area contributed by atoms with Gasteiger partial charge in [0.25, 0.3) is 0 Å². The van der Waals surface area contributed by atoms with Gasteiger partial charge in [-0.05, 0) is 29.3 Å². The van der Waals surface area contributed by atoms with Crippen molar-refractivity contribution in [3.63, 3.8) is 0 Å². The third kappa shape index (κ3) is 3.94. The van der Waals surface area contributed by atoms with Crippen molar-refractivity contribution in [2.75, 3.05) is 13.7 Å². The molecule has 15 heavy (non-hydrogen) atoms. The maximum atomic E-state index is 8.07. The van der Waals surface area contributed by atoms with Crippen LogP contribution in [-0.2, 0) is 0 Å². The van der Waals surface area contributed by atoms with Gasteiger partial charge in [-0.25, -0.2) is 0 Å². The van der Waals surface area contributed by atoms with Gasteiger partial charge >= 0.3 is 0 Å². The van der Waals surface area contributed by atoms with E-state index in [1.54, 1.807) is 25.3 Å². The number of rotatable bonds is 4. The number of benzene rings is 1. The fourth-order valence-electron chi connectivity index (χ4n) is 1.07. The van der Waals surface area contributed by atoms with Crippen molar-refractivity contribution in [2.24, 2.45) is 5.11 Å². The first-order valence-electron chi connectivity index (χ1n) is 4.28. The molecular weight excluding hydrogens is 214 g/mol. The molecule has 0 fully saturated rings. The average molecular weight is 224 g/mol. The summed E-state index contributed by atoms with van der Waals surface area (Å²) in [7, 11) is 1.58. The molecule has 1 rings (SSSR count). The van der Waals surface area contributed by atoms with Crippen LogP contribution in [0.5, 0.6) is 5.75 Å². The van der Waals surface area contributed by atoms with Gasteiger partial charge < -0.3 is 4.74 Å². The lowest BCUT2D eigenvalue weighted by molar-refractivity contribution is 0.415. The Morgan fingerprint density at radius 3 is 3.00 bits per heavy atom. The summed E-state index contributed by atoms with van der Waals surface area (Å²) in [6.45, 7) is 0.325. The van der Waals surface area contributed by atoms with Gasteiger partial charge in [-0.15, -0.1) is 0 Å². The molecule has 4 nitrogen and oxygen atoms in total. The first-order chi connectivity index (χ1) is 7.26. The standard InChI is InChI=1S/C10H10ClN3O/c1-15-10-6-8(5-9(11)7-10)3-2-4-13-14-12/h2-3,5-7H,4H2,1H3. The highest BCUT2D eigenvalue weighted by Gasteiger charge is 1.96. The van der Waals surface area contributed by atoms with E-state index in [-0.39, 0.29) is 0 Å². The smallest absolute Gasteiger partial charge is 0.120 e. The SMILES string of the molecule is COc1cc(Cl)cc(C=CCN=[N+]=[N-])c1. The second kappa shape index (κ2) is 5.96. The highest BCUT2D eigenvalue weighted by atomic mass is 35.5. The Morgan fingerprint density at radius 1 is 1.53 bits per heavy atom. The number of methoxy groups -OCH3 is 1. The quantitative estimate of drug-likeness (QED) is 0.436. The lowest BCUT2D eigenvalue weighted by Crippen LogP contribution is -1.83. The molecule has 1 aromatic carbocycles. The Labute approximate surface area is 92.8 Å². The van der Waals surface area contributed by atoms with Crippen LogP contribution in [0.15, 0.2) is 29.4 Å².